The first-order valence-electron chi connectivity index (χ1n) is 7.05. The summed E-state index contributed by atoms with van der Waals surface area (Å²) < 4.78 is 26.0. The van der Waals surface area contributed by atoms with Crippen molar-refractivity contribution in [3.63, 3.8) is 0 Å². The third-order valence-corrected chi connectivity index (χ3v) is 5.31. The lowest BCUT2D eigenvalue weighted by Gasteiger charge is -2.30. The highest BCUT2D eigenvalue weighted by Crippen LogP contribution is 2.22. The molecule has 0 aromatic heterocycles. The van der Waals surface area contributed by atoms with E-state index in [-0.39, 0.29) is 0 Å². The standard InChI is InChI=1S/C15H22N2O2S/c16-10-6-15-7-11-17(12-8-15)20(18,19)13-9-14-4-2-1-3-5-14/h1-5,9,13,15H,6-8,10-12,16H2. The second kappa shape index (κ2) is 7.02. The summed E-state index contributed by atoms with van der Waals surface area (Å²) in [5.74, 6) is 0.574. The molecule has 1 heterocycles. The number of rotatable bonds is 5. The summed E-state index contributed by atoms with van der Waals surface area (Å²) in [6.45, 7) is 1.89. The van der Waals surface area contributed by atoms with Crippen LogP contribution in [-0.2, 0) is 10.0 Å². The van der Waals surface area contributed by atoms with Crippen LogP contribution in [0.15, 0.2) is 35.7 Å². The quantitative estimate of drug-likeness (QED) is 0.904. The molecule has 0 radical (unpaired) electrons. The van der Waals surface area contributed by atoms with Crippen LogP contribution < -0.4 is 5.73 Å². The van der Waals surface area contributed by atoms with Crippen LogP contribution in [0.4, 0.5) is 0 Å². The van der Waals surface area contributed by atoms with Crippen LogP contribution in [0.3, 0.4) is 0 Å². The number of benzene rings is 1. The monoisotopic (exact) mass is 294 g/mol. The molecule has 2 N–H and O–H groups in total. The second-order valence-electron chi connectivity index (χ2n) is 5.18. The maximum Gasteiger partial charge on any atom is 0.236 e. The molecule has 4 nitrogen and oxygen atoms in total. The van der Waals surface area contributed by atoms with Crippen molar-refractivity contribution < 1.29 is 8.42 Å². The molecule has 1 aromatic rings. The smallest absolute Gasteiger partial charge is 0.236 e. The predicted octanol–water partition coefficient (Wildman–Crippen LogP) is 2.05. The molecule has 1 saturated heterocycles. The molecule has 110 valence electrons. The first-order valence-corrected chi connectivity index (χ1v) is 8.55. The number of sulfonamides is 1. The molecule has 1 fully saturated rings. The summed E-state index contributed by atoms with van der Waals surface area (Å²) in [6.07, 6.45) is 4.47. The number of nitrogens with zero attached hydrogens (tertiary/aromatic N) is 1. The summed E-state index contributed by atoms with van der Waals surface area (Å²) in [5.41, 5.74) is 6.45. The van der Waals surface area contributed by atoms with Crippen LogP contribution in [0.5, 0.6) is 0 Å². The van der Waals surface area contributed by atoms with Crippen LogP contribution >= 0.6 is 0 Å². The summed E-state index contributed by atoms with van der Waals surface area (Å²) in [5, 5.41) is 1.31. The molecule has 0 atom stereocenters. The Balaban J connectivity index is 1.96. The first kappa shape index (κ1) is 15.2. The maximum atomic E-state index is 12.2. The molecule has 1 aromatic carbocycles. The minimum atomic E-state index is -3.30. The average molecular weight is 294 g/mol. The Morgan fingerprint density at radius 2 is 1.85 bits per heavy atom. The third kappa shape index (κ3) is 4.16. The van der Waals surface area contributed by atoms with Gasteiger partial charge in [-0.15, -0.1) is 0 Å². The zero-order chi connectivity index (χ0) is 14.4. The molecule has 5 heteroatoms. The van der Waals surface area contributed by atoms with Crippen molar-refractivity contribution in [3.8, 4) is 0 Å². The van der Waals surface area contributed by atoms with Gasteiger partial charge in [0, 0.05) is 18.5 Å². The molecular weight excluding hydrogens is 272 g/mol. The summed E-state index contributed by atoms with van der Waals surface area (Å²) in [4.78, 5) is 0. The van der Waals surface area contributed by atoms with Crippen molar-refractivity contribution in [2.24, 2.45) is 11.7 Å². The molecular formula is C15H22N2O2S. The van der Waals surface area contributed by atoms with Gasteiger partial charge in [-0.1, -0.05) is 30.3 Å². The minimum Gasteiger partial charge on any atom is -0.330 e. The Morgan fingerprint density at radius 3 is 2.45 bits per heavy atom. The molecule has 1 aliphatic rings. The number of nitrogens with two attached hydrogens (primary N) is 1. The van der Waals surface area contributed by atoms with Gasteiger partial charge in [-0.25, -0.2) is 8.42 Å². The average Bonchev–Trinajstić information content (AvgIpc) is 2.47. The number of hydrogen-bond donors (Lipinski definition) is 1. The van der Waals surface area contributed by atoms with Gasteiger partial charge >= 0.3 is 0 Å². The lowest BCUT2D eigenvalue weighted by atomic mass is 9.95. The molecule has 0 amide bonds. The van der Waals surface area contributed by atoms with E-state index in [1.807, 2.05) is 30.3 Å². The van der Waals surface area contributed by atoms with Gasteiger partial charge in [0.25, 0.3) is 0 Å². The predicted molar refractivity (Wildman–Crippen MR) is 82.4 cm³/mol. The zero-order valence-electron chi connectivity index (χ0n) is 11.6. The fourth-order valence-electron chi connectivity index (χ4n) is 2.50. The van der Waals surface area contributed by atoms with E-state index >= 15 is 0 Å². The molecule has 2 rings (SSSR count). The second-order valence-corrected chi connectivity index (χ2v) is 7.00. The third-order valence-electron chi connectivity index (χ3n) is 3.74. The van der Waals surface area contributed by atoms with Crippen LogP contribution in [-0.4, -0.2) is 32.4 Å². The van der Waals surface area contributed by atoms with Crippen molar-refractivity contribution in [1.29, 1.82) is 0 Å². The van der Waals surface area contributed by atoms with E-state index in [1.165, 1.54) is 5.41 Å². The van der Waals surface area contributed by atoms with Crippen molar-refractivity contribution in [2.45, 2.75) is 19.3 Å². The number of piperidine rings is 1. The Labute approximate surface area is 121 Å². The first-order chi connectivity index (χ1) is 9.62. The van der Waals surface area contributed by atoms with E-state index in [2.05, 4.69) is 0 Å². The lowest BCUT2D eigenvalue weighted by molar-refractivity contribution is 0.268. The zero-order valence-corrected chi connectivity index (χ0v) is 12.4. The van der Waals surface area contributed by atoms with Crippen molar-refractivity contribution in [3.05, 3.63) is 41.3 Å². The Hall–Kier alpha value is -1.17. The van der Waals surface area contributed by atoms with Gasteiger partial charge in [0.05, 0.1) is 0 Å². The van der Waals surface area contributed by atoms with Crippen LogP contribution in [0.1, 0.15) is 24.8 Å². The summed E-state index contributed by atoms with van der Waals surface area (Å²) in [7, 11) is -3.30. The lowest BCUT2D eigenvalue weighted by Crippen LogP contribution is -2.37. The van der Waals surface area contributed by atoms with Crippen LogP contribution in [0.25, 0.3) is 6.08 Å². The van der Waals surface area contributed by atoms with Crippen molar-refractivity contribution >= 4 is 16.1 Å². The minimum absolute atomic E-state index is 0.574. The summed E-state index contributed by atoms with van der Waals surface area (Å²) in [6, 6.07) is 9.47. The van der Waals surface area contributed by atoms with Gasteiger partial charge in [-0.2, -0.15) is 4.31 Å². The van der Waals surface area contributed by atoms with E-state index in [9.17, 15) is 8.42 Å². The van der Waals surface area contributed by atoms with E-state index in [1.54, 1.807) is 10.4 Å². The van der Waals surface area contributed by atoms with Crippen molar-refractivity contribution in [1.82, 2.24) is 4.31 Å². The Bertz CT molecular complexity index is 532. The van der Waals surface area contributed by atoms with E-state index in [4.69, 9.17) is 5.73 Å². The fourth-order valence-corrected chi connectivity index (χ4v) is 3.72. The van der Waals surface area contributed by atoms with Gasteiger partial charge in [-0.05, 0) is 43.4 Å². The summed E-state index contributed by atoms with van der Waals surface area (Å²) >= 11 is 0. The fraction of sp³-hybridized carbons (Fsp3) is 0.467. The molecule has 1 aliphatic heterocycles. The van der Waals surface area contributed by atoms with Gasteiger partial charge in [0.1, 0.15) is 0 Å². The molecule has 0 unspecified atom stereocenters. The van der Waals surface area contributed by atoms with E-state index < -0.39 is 10.0 Å². The highest BCUT2D eigenvalue weighted by atomic mass is 32.2. The van der Waals surface area contributed by atoms with Gasteiger partial charge in [0.2, 0.25) is 10.0 Å². The molecule has 0 bridgehead atoms. The SMILES string of the molecule is NCCC1CCN(S(=O)(=O)C=Cc2ccccc2)CC1. The van der Waals surface area contributed by atoms with Gasteiger partial charge in [-0.3, -0.25) is 0 Å². The van der Waals surface area contributed by atoms with Gasteiger partial charge < -0.3 is 5.73 Å². The van der Waals surface area contributed by atoms with Crippen LogP contribution in [0.2, 0.25) is 0 Å². The van der Waals surface area contributed by atoms with E-state index in [0.717, 1.165) is 24.8 Å². The molecule has 0 aliphatic carbocycles. The molecule has 20 heavy (non-hydrogen) atoms. The van der Waals surface area contributed by atoms with E-state index in [0.29, 0.717) is 25.6 Å². The largest absolute Gasteiger partial charge is 0.330 e. The maximum absolute atomic E-state index is 12.2. The Kier molecular flexibility index (Phi) is 5.34. The Morgan fingerprint density at radius 1 is 1.20 bits per heavy atom. The van der Waals surface area contributed by atoms with Crippen LogP contribution in [0, 0.1) is 5.92 Å². The normalized spacial score (nSPS) is 18.6. The molecule has 0 spiro atoms. The van der Waals surface area contributed by atoms with Gasteiger partial charge in [0.15, 0.2) is 0 Å². The topological polar surface area (TPSA) is 63.4 Å². The number of hydrogen-bond acceptors (Lipinski definition) is 3. The highest BCUT2D eigenvalue weighted by Gasteiger charge is 2.25. The highest BCUT2D eigenvalue weighted by molar-refractivity contribution is 7.92. The van der Waals surface area contributed by atoms with Crippen molar-refractivity contribution in [2.75, 3.05) is 19.6 Å². The molecule has 0 saturated carbocycles.